The Hall–Kier alpha value is -2.89. The molecule has 1 atom stereocenters. The van der Waals surface area contributed by atoms with Crippen LogP contribution in [0.4, 0.5) is 9.18 Å². The van der Waals surface area contributed by atoms with Gasteiger partial charge in [0.25, 0.3) is 0 Å². The van der Waals surface area contributed by atoms with Crippen LogP contribution in [0.2, 0.25) is 0 Å². The summed E-state index contributed by atoms with van der Waals surface area (Å²) in [6.45, 7) is 2.49. The Morgan fingerprint density at radius 3 is 2.36 bits per heavy atom. The van der Waals surface area contributed by atoms with Crippen LogP contribution in [0.25, 0.3) is 0 Å². The number of benzene rings is 2. The molecule has 132 valence electrons. The minimum atomic E-state index is -0.316. The molecule has 0 unspecified atom stereocenters. The lowest BCUT2D eigenvalue weighted by molar-refractivity contribution is -0.121. The second-order valence-electron chi connectivity index (χ2n) is 5.69. The third kappa shape index (κ3) is 6.63. The zero-order valence-electron chi connectivity index (χ0n) is 14.1. The SMILES string of the molecule is C[C@@H](NC(=O)CCNC(=O)NCc1ccccc1)c1ccc(F)cc1. The molecule has 0 aliphatic heterocycles. The zero-order chi connectivity index (χ0) is 18.1. The van der Waals surface area contributed by atoms with Gasteiger partial charge in [-0.3, -0.25) is 4.79 Å². The first-order valence-corrected chi connectivity index (χ1v) is 8.15. The largest absolute Gasteiger partial charge is 0.350 e. The fourth-order valence-corrected chi connectivity index (χ4v) is 2.28. The van der Waals surface area contributed by atoms with Gasteiger partial charge >= 0.3 is 6.03 Å². The maximum atomic E-state index is 12.9. The number of nitrogens with one attached hydrogen (secondary N) is 3. The fourth-order valence-electron chi connectivity index (χ4n) is 2.28. The Kier molecular flexibility index (Phi) is 6.95. The molecule has 0 aromatic heterocycles. The molecule has 2 aromatic rings. The normalized spacial score (nSPS) is 11.4. The predicted molar refractivity (Wildman–Crippen MR) is 94.3 cm³/mol. The van der Waals surface area contributed by atoms with Crippen molar-refractivity contribution in [1.82, 2.24) is 16.0 Å². The third-order valence-corrected chi connectivity index (χ3v) is 3.68. The number of amides is 3. The van der Waals surface area contributed by atoms with Crippen LogP contribution < -0.4 is 16.0 Å². The maximum absolute atomic E-state index is 12.9. The molecule has 0 heterocycles. The van der Waals surface area contributed by atoms with Crippen molar-refractivity contribution in [1.29, 1.82) is 0 Å². The minimum absolute atomic E-state index is 0.171. The Labute approximate surface area is 146 Å². The van der Waals surface area contributed by atoms with Crippen molar-refractivity contribution in [3.8, 4) is 0 Å². The molecule has 25 heavy (non-hydrogen) atoms. The van der Waals surface area contributed by atoms with E-state index in [9.17, 15) is 14.0 Å². The van der Waals surface area contributed by atoms with Crippen LogP contribution in [-0.4, -0.2) is 18.5 Å². The van der Waals surface area contributed by atoms with Gasteiger partial charge < -0.3 is 16.0 Å². The molecule has 3 amide bonds. The van der Waals surface area contributed by atoms with Gasteiger partial charge in [0, 0.05) is 19.5 Å². The number of hydrogen-bond donors (Lipinski definition) is 3. The van der Waals surface area contributed by atoms with Gasteiger partial charge in [0.1, 0.15) is 5.82 Å². The molecule has 2 rings (SSSR count). The quantitative estimate of drug-likeness (QED) is 0.723. The van der Waals surface area contributed by atoms with Gasteiger partial charge in [0.05, 0.1) is 6.04 Å². The number of carbonyl (C=O) groups is 2. The molecule has 0 radical (unpaired) electrons. The van der Waals surface area contributed by atoms with Crippen LogP contribution in [0.3, 0.4) is 0 Å². The van der Waals surface area contributed by atoms with Crippen LogP contribution in [0, 0.1) is 5.82 Å². The van der Waals surface area contributed by atoms with Gasteiger partial charge in [-0.25, -0.2) is 9.18 Å². The van der Waals surface area contributed by atoms with E-state index >= 15 is 0 Å². The molecule has 0 aliphatic rings. The van der Waals surface area contributed by atoms with Gasteiger partial charge in [-0.05, 0) is 30.2 Å². The molecule has 3 N–H and O–H groups in total. The van der Waals surface area contributed by atoms with Gasteiger partial charge in [0.2, 0.25) is 5.91 Å². The van der Waals surface area contributed by atoms with E-state index < -0.39 is 0 Å². The molecule has 0 aliphatic carbocycles. The van der Waals surface area contributed by atoms with E-state index in [1.54, 1.807) is 12.1 Å². The first kappa shape index (κ1) is 18.4. The molecular formula is C19H22FN3O2. The lowest BCUT2D eigenvalue weighted by Gasteiger charge is -2.14. The first-order chi connectivity index (χ1) is 12.0. The summed E-state index contributed by atoms with van der Waals surface area (Å²) < 4.78 is 12.9. The standard InChI is InChI=1S/C19H22FN3O2/c1-14(16-7-9-17(20)10-8-16)23-18(24)11-12-21-19(25)22-13-15-5-3-2-4-6-15/h2-10,14H,11-13H2,1H3,(H,23,24)(H2,21,22,25)/t14-/m1/s1. The van der Waals surface area contributed by atoms with Crippen molar-refractivity contribution < 1.29 is 14.0 Å². The average molecular weight is 343 g/mol. The van der Waals surface area contributed by atoms with E-state index in [4.69, 9.17) is 0 Å². The molecule has 0 spiro atoms. The summed E-state index contributed by atoms with van der Waals surface area (Å²) in [6.07, 6.45) is 0.171. The van der Waals surface area contributed by atoms with Crippen LogP contribution in [-0.2, 0) is 11.3 Å². The number of urea groups is 1. The minimum Gasteiger partial charge on any atom is -0.350 e. The average Bonchev–Trinajstić information content (AvgIpc) is 2.61. The first-order valence-electron chi connectivity index (χ1n) is 8.15. The van der Waals surface area contributed by atoms with Crippen molar-refractivity contribution in [2.24, 2.45) is 0 Å². The molecule has 5 nitrogen and oxygen atoms in total. The van der Waals surface area contributed by atoms with Gasteiger partial charge in [-0.1, -0.05) is 42.5 Å². The summed E-state index contributed by atoms with van der Waals surface area (Å²) in [5, 5.41) is 8.19. The molecule has 0 bridgehead atoms. The highest BCUT2D eigenvalue weighted by Gasteiger charge is 2.10. The summed E-state index contributed by atoms with van der Waals surface area (Å²) in [5.74, 6) is -0.492. The van der Waals surface area contributed by atoms with Crippen molar-refractivity contribution in [2.75, 3.05) is 6.54 Å². The van der Waals surface area contributed by atoms with Crippen molar-refractivity contribution in [3.63, 3.8) is 0 Å². The lowest BCUT2D eigenvalue weighted by atomic mass is 10.1. The van der Waals surface area contributed by atoms with E-state index in [-0.39, 0.29) is 36.8 Å². The topological polar surface area (TPSA) is 70.2 Å². The molecule has 2 aromatic carbocycles. The van der Waals surface area contributed by atoms with Crippen LogP contribution in [0.1, 0.15) is 30.5 Å². The van der Waals surface area contributed by atoms with E-state index in [0.717, 1.165) is 11.1 Å². The Morgan fingerprint density at radius 1 is 1.00 bits per heavy atom. The molecule has 6 heteroatoms. The Morgan fingerprint density at radius 2 is 1.68 bits per heavy atom. The second kappa shape index (κ2) is 9.42. The van der Waals surface area contributed by atoms with Crippen molar-refractivity contribution in [3.05, 3.63) is 71.5 Å². The lowest BCUT2D eigenvalue weighted by Crippen LogP contribution is -2.37. The van der Waals surface area contributed by atoms with E-state index in [2.05, 4.69) is 16.0 Å². The highest BCUT2D eigenvalue weighted by molar-refractivity contribution is 5.78. The molecule has 0 saturated heterocycles. The highest BCUT2D eigenvalue weighted by Crippen LogP contribution is 2.12. The van der Waals surface area contributed by atoms with E-state index in [0.29, 0.717) is 6.54 Å². The molecule has 0 fully saturated rings. The van der Waals surface area contributed by atoms with Crippen LogP contribution >= 0.6 is 0 Å². The van der Waals surface area contributed by atoms with E-state index in [1.807, 2.05) is 37.3 Å². The number of hydrogen-bond acceptors (Lipinski definition) is 2. The predicted octanol–water partition coefficient (Wildman–Crippen LogP) is 2.89. The number of rotatable bonds is 7. The van der Waals surface area contributed by atoms with Gasteiger partial charge in [-0.2, -0.15) is 0 Å². The summed E-state index contributed by atoms with van der Waals surface area (Å²) in [6, 6.07) is 15.0. The summed E-state index contributed by atoms with van der Waals surface area (Å²) in [4.78, 5) is 23.6. The fraction of sp³-hybridized carbons (Fsp3) is 0.263. The van der Waals surface area contributed by atoms with Crippen molar-refractivity contribution >= 4 is 11.9 Å². The second-order valence-corrected chi connectivity index (χ2v) is 5.69. The van der Waals surface area contributed by atoms with Crippen LogP contribution in [0.15, 0.2) is 54.6 Å². The number of halogens is 1. The zero-order valence-corrected chi connectivity index (χ0v) is 14.1. The Bertz CT molecular complexity index is 690. The van der Waals surface area contributed by atoms with Crippen molar-refractivity contribution in [2.45, 2.75) is 25.9 Å². The summed E-state index contributed by atoms with van der Waals surface area (Å²) in [5.41, 5.74) is 1.83. The summed E-state index contributed by atoms with van der Waals surface area (Å²) >= 11 is 0. The maximum Gasteiger partial charge on any atom is 0.315 e. The highest BCUT2D eigenvalue weighted by atomic mass is 19.1. The Balaban J connectivity index is 1.64. The summed E-state index contributed by atoms with van der Waals surface area (Å²) in [7, 11) is 0. The third-order valence-electron chi connectivity index (χ3n) is 3.68. The van der Waals surface area contributed by atoms with Gasteiger partial charge in [0.15, 0.2) is 0 Å². The molecule has 0 saturated carbocycles. The van der Waals surface area contributed by atoms with E-state index in [1.165, 1.54) is 12.1 Å². The van der Waals surface area contributed by atoms with Crippen LogP contribution in [0.5, 0.6) is 0 Å². The van der Waals surface area contributed by atoms with Gasteiger partial charge in [-0.15, -0.1) is 0 Å². The smallest absolute Gasteiger partial charge is 0.315 e. The molecular weight excluding hydrogens is 321 g/mol. The number of carbonyl (C=O) groups excluding carboxylic acids is 2. The monoisotopic (exact) mass is 343 g/mol.